The summed E-state index contributed by atoms with van der Waals surface area (Å²) in [7, 11) is -3.78. The molecule has 156 valence electrons. The molecular weight excluding hydrogens is 406 g/mol. The minimum absolute atomic E-state index is 0.0187. The summed E-state index contributed by atoms with van der Waals surface area (Å²) in [6.07, 6.45) is 0.502. The maximum absolute atomic E-state index is 12.8. The van der Waals surface area contributed by atoms with E-state index < -0.39 is 16.1 Å². The number of nitrogens with zero attached hydrogens (tertiary/aromatic N) is 1. The fourth-order valence-corrected chi connectivity index (χ4v) is 5.14. The third-order valence-electron chi connectivity index (χ3n) is 5.41. The molecule has 2 amide bonds. The number of anilines is 1. The Bertz CT molecular complexity index is 1160. The van der Waals surface area contributed by atoms with Gasteiger partial charge >= 0.3 is 0 Å². The van der Waals surface area contributed by atoms with Gasteiger partial charge in [0.15, 0.2) is 5.78 Å². The third kappa shape index (κ3) is 3.68. The summed E-state index contributed by atoms with van der Waals surface area (Å²) in [5, 5.41) is 2.56. The lowest BCUT2D eigenvalue weighted by atomic mass is 10.1. The molecule has 2 heterocycles. The van der Waals surface area contributed by atoms with Crippen LogP contribution in [0, 0.1) is 6.92 Å². The summed E-state index contributed by atoms with van der Waals surface area (Å²) in [6.45, 7) is 1.88. The summed E-state index contributed by atoms with van der Waals surface area (Å²) in [5.74, 6) is -0.710. The van der Waals surface area contributed by atoms with Gasteiger partial charge in [0, 0.05) is 24.2 Å². The van der Waals surface area contributed by atoms with Crippen LogP contribution < -0.4 is 10.0 Å². The molecule has 1 saturated heterocycles. The lowest BCUT2D eigenvalue weighted by molar-refractivity contribution is -0.126. The van der Waals surface area contributed by atoms with Crippen LogP contribution in [0.5, 0.6) is 0 Å². The quantitative estimate of drug-likeness (QED) is 0.770. The number of aryl methyl sites for hydroxylation is 1. The van der Waals surface area contributed by atoms with Gasteiger partial charge in [-0.1, -0.05) is 18.2 Å². The van der Waals surface area contributed by atoms with E-state index in [1.165, 1.54) is 17.0 Å². The Hall–Kier alpha value is -3.20. The standard InChI is InChI=1S/C21H21N3O5S/c1-13-4-2-3-5-19(13)30(28,29)23-15-6-8-17-14(10-15)12-24(21(17)27)18-9-7-16(25)11-22-20(18)26/h2-6,8,10,18,23H,7,9,11-12H2,1H3,(H,22,26). The molecule has 0 aromatic heterocycles. The van der Waals surface area contributed by atoms with Crippen LogP contribution in [0.3, 0.4) is 0 Å². The fraction of sp³-hybridized carbons (Fsp3) is 0.286. The van der Waals surface area contributed by atoms with E-state index in [4.69, 9.17) is 0 Å². The number of fused-ring (bicyclic) bond motifs is 1. The van der Waals surface area contributed by atoms with Gasteiger partial charge in [-0.2, -0.15) is 0 Å². The topological polar surface area (TPSA) is 113 Å². The number of ketones is 1. The number of benzene rings is 2. The lowest BCUT2D eigenvalue weighted by Gasteiger charge is -2.24. The normalized spacial score (nSPS) is 19.3. The van der Waals surface area contributed by atoms with Gasteiger partial charge in [0.2, 0.25) is 5.91 Å². The highest BCUT2D eigenvalue weighted by Gasteiger charge is 2.37. The Balaban J connectivity index is 1.57. The molecule has 2 N–H and O–H groups in total. The first-order chi connectivity index (χ1) is 14.3. The number of Topliss-reactive ketones (excluding diaryl/α,β-unsaturated/α-hetero) is 1. The molecule has 4 rings (SSSR count). The molecule has 2 aromatic rings. The summed E-state index contributed by atoms with van der Waals surface area (Å²) >= 11 is 0. The first kappa shape index (κ1) is 20.1. The summed E-state index contributed by atoms with van der Waals surface area (Å²) in [6, 6.07) is 10.7. The average molecular weight is 427 g/mol. The highest BCUT2D eigenvalue weighted by Crippen LogP contribution is 2.30. The van der Waals surface area contributed by atoms with Crippen molar-refractivity contribution in [2.45, 2.75) is 37.2 Å². The van der Waals surface area contributed by atoms with Crippen molar-refractivity contribution in [3.05, 3.63) is 59.2 Å². The van der Waals surface area contributed by atoms with Gasteiger partial charge in [-0.15, -0.1) is 0 Å². The molecule has 1 atom stereocenters. The molecule has 2 aromatic carbocycles. The molecule has 9 heteroatoms. The van der Waals surface area contributed by atoms with Gasteiger partial charge in [0.05, 0.1) is 11.4 Å². The number of carbonyl (C=O) groups excluding carboxylic acids is 3. The molecule has 30 heavy (non-hydrogen) atoms. The van der Waals surface area contributed by atoms with E-state index in [0.717, 1.165) is 0 Å². The molecule has 0 saturated carbocycles. The van der Waals surface area contributed by atoms with Crippen LogP contribution in [0.4, 0.5) is 5.69 Å². The summed E-state index contributed by atoms with van der Waals surface area (Å²) in [4.78, 5) is 38.4. The monoisotopic (exact) mass is 427 g/mol. The molecule has 0 aliphatic carbocycles. The lowest BCUT2D eigenvalue weighted by Crippen LogP contribution is -2.46. The summed E-state index contributed by atoms with van der Waals surface area (Å²) < 4.78 is 28.0. The van der Waals surface area contributed by atoms with Crippen LogP contribution in [0.25, 0.3) is 0 Å². The highest BCUT2D eigenvalue weighted by molar-refractivity contribution is 7.92. The smallest absolute Gasteiger partial charge is 0.262 e. The van der Waals surface area contributed by atoms with Crippen molar-refractivity contribution in [2.75, 3.05) is 11.3 Å². The van der Waals surface area contributed by atoms with Crippen LogP contribution in [-0.4, -0.2) is 43.5 Å². The Morgan fingerprint density at radius 2 is 1.87 bits per heavy atom. The largest absolute Gasteiger partial charge is 0.347 e. The van der Waals surface area contributed by atoms with Crippen LogP contribution in [0.1, 0.15) is 34.3 Å². The minimum Gasteiger partial charge on any atom is -0.347 e. The number of carbonyl (C=O) groups is 3. The molecule has 0 spiro atoms. The Morgan fingerprint density at radius 1 is 1.10 bits per heavy atom. The van der Waals surface area contributed by atoms with E-state index in [9.17, 15) is 22.8 Å². The van der Waals surface area contributed by atoms with Gasteiger partial charge in [-0.3, -0.25) is 19.1 Å². The first-order valence-electron chi connectivity index (χ1n) is 9.58. The van der Waals surface area contributed by atoms with Crippen LogP contribution in [0.15, 0.2) is 47.4 Å². The highest BCUT2D eigenvalue weighted by atomic mass is 32.2. The van der Waals surface area contributed by atoms with Crippen molar-refractivity contribution in [3.63, 3.8) is 0 Å². The van der Waals surface area contributed by atoms with Gasteiger partial charge in [-0.25, -0.2) is 8.42 Å². The second-order valence-corrected chi connectivity index (χ2v) is 9.14. The Labute approximate surface area is 174 Å². The molecule has 2 aliphatic rings. The van der Waals surface area contributed by atoms with E-state index in [1.807, 2.05) is 0 Å². The SMILES string of the molecule is Cc1ccccc1S(=O)(=O)Nc1ccc2c(c1)CN(C1CCC(=O)CNC1=O)C2=O. The van der Waals surface area contributed by atoms with Crippen molar-refractivity contribution >= 4 is 33.3 Å². The molecule has 0 bridgehead atoms. The number of amides is 2. The van der Waals surface area contributed by atoms with Gasteiger partial charge < -0.3 is 10.2 Å². The number of sulfonamides is 1. The minimum atomic E-state index is -3.78. The van der Waals surface area contributed by atoms with Gasteiger partial charge in [0.25, 0.3) is 15.9 Å². The van der Waals surface area contributed by atoms with Crippen molar-refractivity contribution in [2.24, 2.45) is 0 Å². The molecule has 1 unspecified atom stereocenters. The predicted molar refractivity (Wildman–Crippen MR) is 109 cm³/mol. The Kier molecular flexibility index (Phi) is 5.07. The van der Waals surface area contributed by atoms with E-state index >= 15 is 0 Å². The number of hydrogen-bond donors (Lipinski definition) is 2. The summed E-state index contributed by atoms with van der Waals surface area (Å²) in [5.41, 5.74) is 2.03. The average Bonchev–Trinajstić information content (AvgIpc) is 2.91. The Morgan fingerprint density at radius 3 is 2.63 bits per heavy atom. The zero-order valence-electron chi connectivity index (χ0n) is 16.3. The first-order valence-corrected chi connectivity index (χ1v) is 11.1. The van der Waals surface area contributed by atoms with E-state index in [0.29, 0.717) is 22.4 Å². The van der Waals surface area contributed by atoms with Crippen molar-refractivity contribution < 1.29 is 22.8 Å². The van der Waals surface area contributed by atoms with Crippen LogP contribution >= 0.6 is 0 Å². The van der Waals surface area contributed by atoms with Crippen LogP contribution in [-0.2, 0) is 26.2 Å². The molecule has 0 radical (unpaired) electrons. The van der Waals surface area contributed by atoms with E-state index in [-0.39, 0.29) is 48.4 Å². The van der Waals surface area contributed by atoms with Crippen molar-refractivity contribution in [1.29, 1.82) is 0 Å². The third-order valence-corrected chi connectivity index (χ3v) is 6.95. The zero-order valence-corrected chi connectivity index (χ0v) is 17.2. The number of hydrogen-bond acceptors (Lipinski definition) is 5. The van der Waals surface area contributed by atoms with Gasteiger partial charge in [-0.05, 0) is 48.7 Å². The molecule has 2 aliphatic heterocycles. The zero-order chi connectivity index (χ0) is 21.5. The van der Waals surface area contributed by atoms with E-state index in [1.54, 1.807) is 37.3 Å². The number of nitrogens with one attached hydrogen (secondary N) is 2. The number of rotatable bonds is 4. The van der Waals surface area contributed by atoms with Crippen molar-refractivity contribution in [1.82, 2.24) is 10.2 Å². The maximum atomic E-state index is 12.8. The second-order valence-electron chi connectivity index (χ2n) is 7.49. The molecular formula is C21H21N3O5S. The van der Waals surface area contributed by atoms with Crippen molar-refractivity contribution in [3.8, 4) is 0 Å². The molecule has 8 nitrogen and oxygen atoms in total. The maximum Gasteiger partial charge on any atom is 0.262 e. The second kappa shape index (κ2) is 7.56. The molecule has 1 fully saturated rings. The van der Waals surface area contributed by atoms with Gasteiger partial charge in [0.1, 0.15) is 6.04 Å². The van der Waals surface area contributed by atoms with Crippen LogP contribution in [0.2, 0.25) is 0 Å². The fourth-order valence-electron chi connectivity index (χ4n) is 3.84. The van der Waals surface area contributed by atoms with E-state index in [2.05, 4.69) is 10.0 Å². The predicted octanol–water partition coefficient (Wildman–Crippen LogP) is 1.60.